The van der Waals surface area contributed by atoms with Gasteiger partial charge in [0.05, 0.1) is 5.39 Å². The molecule has 0 bridgehead atoms. The first-order valence-corrected chi connectivity index (χ1v) is 9.28. The molecule has 3 rings (SSSR count). The monoisotopic (exact) mass is 356 g/mol. The summed E-state index contributed by atoms with van der Waals surface area (Å²) in [5.41, 5.74) is -0.165. The highest BCUT2D eigenvalue weighted by molar-refractivity contribution is 6.04. The van der Waals surface area contributed by atoms with Gasteiger partial charge in [0.1, 0.15) is 0 Å². The van der Waals surface area contributed by atoms with Crippen molar-refractivity contribution in [1.29, 1.82) is 0 Å². The minimum absolute atomic E-state index is 0.142. The molecular weight excluding hydrogens is 328 g/mol. The number of hydrogen-bond acceptors (Lipinski definition) is 4. The molecule has 6 nitrogen and oxygen atoms in total. The lowest BCUT2D eigenvalue weighted by atomic mass is 9.88. The van der Waals surface area contributed by atoms with Gasteiger partial charge in [-0.1, -0.05) is 32.0 Å². The van der Waals surface area contributed by atoms with E-state index in [0.717, 1.165) is 13.1 Å². The average Bonchev–Trinajstić information content (AvgIpc) is 2.59. The Balaban J connectivity index is 1.75. The van der Waals surface area contributed by atoms with Gasteiger partial charge in [0.2, 0.25) is 0 Å². The molecule has 26 heavy (non-hydrogen) atoms. The van der Waals surface area contributed by atoms with Crippen molar-refractivity contribution in [3.8, 4) is 0 Å². The van der Waals surface area contributed by atoms with Crippen LogP contribution in [-0.2, 0) is 0 Å². The summed E-state index contributed by atoms with van der Waals surface area (Å²) in [4.78, 5) is 27.1. The second kappa shape index (κ2) is 7.19. The molecule has 1 aromatic heterocycles. The van der Waals surface area contributed by atoms with Gasteiger partial charge in [-0.3, -0.25) is 14.5 Å². The van der Waals surface area contributed by atoms with Crippen molar-refractivity contribution in [2.75, 3.05) is 19.6 Å². The maximum Gasteiger partial charge on any atom is 0.272 e. The minimum Gasteiger partial charge on any atom is -0.349 e. The van der Waals surface area contributed by atoms with Crippen LogP contribution in [0.2, 0.25) is 0 Å². The number of aromatic amines is 1. The Kier molecular flexibility index (Phi) is 5.14. The molecule has 1 aliphatic rings. The van der Waals surface area contributed by atoms with E-state index < -0.39 is 0 Å². The summed E-state index contributed by atoms with van der Waals surface area (Å²) in [6, 6.07) is 7.04. The summed E-state index contributed by atoms with van der Waals surface area (Å²) in [6.07, 6.45) is 1.26. The van der Waals surface area contributed by atoms with E-state index in [9.17, 15) is 9.59 Å². The van der Waals surface area contributed by atoms with Gasteiger partial charge >= 0.3 is 0 Å². The molecule has 2 aromatic rings. The third-order valence-electron chi connectivity index (χ3n) is 5.32. The van der Waals surface area contributed by atoms with E-state index in [1.165, 1.54) is 6.42 Å². The summed E-state index contributed by atoms with van der Waals surface area (Å²) in [5.74, 6) is 1.07. The number of H-pyrrole nitrogens is 1. The van der Waals surface area contributed by atoms with Crippen LogP contribution in [0.15, 0.2) is 29.1 Å². The molecule has 1 amide bonds. The van der Waals surface area contributed by atoms with E-state index in [0.29, 0.717) is 29.2 Å². The normalized spacial score (nSPS) is 21.7. The van der Waals surface area contributed by atoms with Crippen molar-refractivity contribution < 1.29 is 4.79 Å². The first-order valence-electron chi connectivity index (χ1n) is 9.28. The van der Waals surface area contributed by atoms with Gasteiger partial charge in [-0.15, -0.1) is 0 Å². The van der Waals surface area contributed by atoms with Crippen LogP contribution in [0.3, 0.4) is 0 Å². The SMILES string of the molecule is CC1CC(C)CN(C(C)(C)CNC(=O)c2n[nH]c(=O)c3ccccc23)C1. The molecule has 2 heterocycles. The lowest BCUT2D eigenvalue weighted by Gasteiger charge is -2.45. The lowest BCUT2D eigenvalue weighted by molar-refractivity contribution is 0.0444. The van der Waals surface area contributed by atoms with Crippen molar-refractivity contribution >= 4 is 16.7 Å². The standard InChI is InChI=1S/C20H28N4O2/c1-13-9-14(2)11-24(10-13)20(3,4)12-21-19(26)17-15-7-5-6-8-16(15)18(25)23-22-17/h5-8,13-14H,9-12H2,1-4H3,(H,21,26)(H,23,25). The van der Waals surface area contributed by atoms with Crippen LogP contribution in [-0.4, -0.2) is 46.2 Å². The number of carbonyl (C=O) groups is 1. The molecule has 2 atom stereocenters. The fraction of sp³-hybridized carbons (Fsp3) is 0.550. The molecule has 1 aromatic carbocycles. The van der Waals surface area contributed by atoms with Crippen molar-refractivity contribution in [3.63, 3.8) is 0 Å². The maximum absolute atomic E-state index is 12.7. The van der Waals surface area contributed by atoms with Crippen molar-refractivity contribution in [2.24, 2.45) is 11.8 Å². The molecule has 0 aliphatic carbocycles. The fourth-order valence-corrected chi connectivity index (χ4v) is 3.94. The summed E-state index contributed by atoms with van der Waals surface area (Å²) in [7, 11) is 0. The van der Waals surface area contributed by atoms with E-state index in [2.05, 4.69) is 48.1 Å². The summed E-state index contributed by atoms with van der Waals surface area (Å²) < 4.78 is 0. The Hall–Kier alpha value is -2.21. The van der Waals surface area contributed by atoms with Gasteiger partial charge in [0, 0.05) is 30.6 Å². The van der Waals surface area contributed by atoms with E-state index in [1.807, 2.05) is 0 Å². The number of fused-ring (bicyclic) bond motifs is 1. The number of nitrogens with one attached hydrogen (secondary N) is 2. The molecule has 1 saturated heterocycles. The van der Waals surface area contributed by atoms with Crippen LogP contribution < -0.4 is 10.9 Å². The molecule has 140 valence electrons. The molecular formula is C20H28N4O2. The van der Waals surface area contributed by atoms with Gasteiger partial charge in [-0.2, -0.15) is 5.10 Å². The second-order valence-electron chi connectivity index (χ2n) is 8.29. The van der Waals surface area contributed by atoms with Gasteiger partial charge in [-0.25, -0.2) is 5.10 Å². The first kappa shape index (κ1) is 18.6. The second-order valence-corrected chi connectivity index (χ2v) is 8.29. The largest absolute Gasteiger partial charge is 0.349 e. The number of rotatable bonds is 4. The molecule has 1 aliphatic heterocycles. The molecule has 0 saturated carbocycles. The highest BCUT2D eigenvalue weighted by Crippen LogP contribution is 2.27. The van der Waals surface area contributed by atoms with E-state index >= 15 is 0 Å². The Morgan fingerprint density at radius 1 is 1.23 bits per heavy atom. The highest BCUT2D eigenvalue weighted by atomic mass is 16.2. The minimum atomic E-state index is -0.284. The maximum atomic E-state index is 12.7. The number of nitrogens with zero attached hydrogens (tertiary/aromatic N) is 2. The summed E-state index contributed by atoms with van der Waals surface area (Å²) >= 11 is 0. The zero-order valence-corrected chi connectivity index (χ0v) is 16.0. The van der Waals surface area contributed by atoms with Crippen LogP contribution in [0.25, 0.3) is 10.8 Å². The fourth-order valence-electron chi connectivity index (χ4n) is 3.94. The average molecular weight is 356 g/mol. The molecule has 6 heteroatoms. The van der Waals surface area contributed by atoms with Gasteiger partial charge in [0.25, 0.3) is 11.5 Å². The number of hydrogen-bond donors (Lipinski definition) is 2. The number of carbonyl (C=O) groups excluding carboxylic acids is 1. The van der Waals surface area contributed by atoms with Crippen LogP contribution in [0.4, 0.5) is 0 Å². The predicted molar refractivity (Wildman–Crippen MR) is 103 cm³/mol. The number of amides is 1. The van der Waals surface area contributed by atoms with E-state index in [1.54, 1.807) is 24.3 Å². The molecule has 2 N–H and O–H groups in total. The van der Waals surface area contributed by atoms with Crippen LogP contribution in [0.5, 0.6) is 0 Å². The van der Waals surface area contributed by atoms with Gasteiger partial charge in [-0.05, 0) is 38.2 Å². The third kappa shape index (κ3) is 3.80. The molecule has 1 fully saturated rings. The Morgan fingerprint density at radius 2 is 1.85 bits per heavy atom. The van der Waals surface area contributed by atoms with Gasteiger partial charge in [0.15, 0.2) is 5.69 Å². The summed E-state index contributed by atoms with van der Waals surface area (Å²) in [5, 5.41) is 10.5. The zero-order valence-electron chi connectivity index (χ0n) is 16.0. The van der Waals surface area contributed by atoms with Gasteiger partial charge < -0.3 is 5.32 Å². The number of benzene rings is 1. The summed E-state index contributed by atoms with van der Waals surface area (Å²) in [6.45, 7) is 11.5. The van der Waals surface area contributed by atoms with Crippen LogP contribution in [0.1, 0.15) is 44.6 Å². The highest BCUT2D eigenvalue weighted by Gasteiger charge is 2.33. The topological polar surface area (TPSA) is 78.1 Å². The van der Waals surface area contributed by atoms with Crippen molar-refractivity contribution in [3.05, 3.63) is 40.3 Å². The first-order chi connectivity index (χ1) is 12.3. The Labute approximate surface area is 154 Å². The lowest BCUT2D eigenvalue weighted by Crippen LogP contribution is -2.56. The van der Waals surface area contributed by atoms with Crippen LogP contribution in [0, 0.1) is 11.8 Å². The molecule has 0 spiro atoms. The molecule has 2 unspecified atom stereocenters. The third-order valence-corrected chi connectivity index (χ3v) is 5.32. The van der Waals surface area contributed by atoms with Crippen LogP contribution >= 0.6 is 0 Å². The van der Waals surface area contributed by atoms with Crippen molar-refractivity contribution in [2.45, 2.75) is 39.7 Å². The predicted octanol–water partition coefficient (Wildman–Crippen LogP) is 2.41. The quantitative estimate of drug-likeness (QED) is 0.882. The number of piperidine rings is 1. The van der Waals surface area contributed by atoms with Crippen molar-refractivity contribution in [1.82, 2.24) is 20.4 Å². The Morgan fingerprint density at radius 3 is 2.50 bits per heavy atom. The van der Waals surface area contributed by atoms with E-state index in [-0.39, 0.29) is 22.7 Å². The van der Waals surface area contributed by atoms with E-state index in [4.69, 9.17) is 0 Å². The Bertz CT molecular complexity index is 848. The smallest absolute Gasteiger partial charge is 0.272 e. The zero-order chi connectivity index (χ0) is 18.9. The molecule has 0 radical (unpaired) electrons. The number of likely N-dealkylation sites (tertiary alicyclic amines) is 1. The number of aromatic nitrogens is 2.